The van der Waals surface area contributed by atoms with Crippen molar-refractivity contribution in [1.82, 2.24) is 4.98 Å². The second-order valence-electron chi connectivity index (χ2n) is 8.37. The second kappa shape index (κ2) is 11.1. The van der Waals surface area contributed by atoms with Gasteiger partial charge >= 0.3 is 0 Å². The highest BCUT2D eigenvalue weighted by Crippen LogP contribution is 2.33. The number of halogens is 2. The maximum absolute atomic E-state index is 14.1. The minimum atomic E-state index is -3.05. The van der Waals surface area contributed by atoms with Crippen molar-refractivity contribution < 1.29 is 24.5 Å². The molecule has 1 heterocycles. The summed E-state index contributed by atoms with van der Waals surface area (Å²) >= 11 is 0. The van der Waals surface area contributed by atoms with Crippen LogP contribution in [-0.2, 0) is 15.5 Å². The van der Waals surface area contributed by atoms with Gasteiger partial charge in [-0.2, -0.15) is 0 Å². The molecule has 1 atom stereocenters. The number of methoxy groups -OCH3 is 1. The van der Waals surface area contributed by atoms with Gasteiger partial charge in [-0.3, -0.25) is 14.6 Å². The summed E-state index contributed by atoms with van der Waals surface area (Å²) in [5.74, 6) is -5.50. The molecule has 0 aliphatic rings. The van der Waals surface area contributed by atoms with Crippen LogP contribution in [0.15, 0.2) is 60.8 Å². The lowest BCUT2D eigenvalue weighted by Gasteiger charge is -2.18. The fraction of sp³-hybridized carbons (Fsp3) is 0.259. The molecule has 3 aromatic rings. The van der Waals surface area contributed by atoms with E-state index in [0.717, 1.165) is 5.56 Å². The van der Waals surface area contributed by atoms with Crippen LogP contribution >= 0.6 is 0 Å². The van der Waals surface area contributed by atoms with Crippen molar-refractivity contribution in [3.8, 4) is 17.0 Å². The van der Waals surface area contributed by atoms with Crippen LogP contribution in [0.3, 0.4) is 0 Å². The number of carbonyl (C=O) groups excluding carboxylic acids is 2. The Morgan fingerprint density at radius 2 is 1.75 bits per heavy atom. The predicted octanol–water partition coefficient (Wildman–Crippen LogP) is 6.05. The zero-order valence-electron chi connectivity index (χ0n) is 20.5. The molecule has 2 amide bonds. The summed E-state index contributed by atoms with van der Waals surface area (Å²) in [4.78, 5) is 30.3. The topological polar surface area (TPSA) is 104 Å². The Morgan fingerprint density at radius 1 is 1.08 bits per heavy atom. The number of amides is 2. The number of pyridine rings is 1. The Morgan fingerprint density at radius 3 is 2.31 bits per heavy atom. The van der Waals surface area contributed by atoms with Gasteiger partial charge in [0.25, 0.3) is 5.92 Å². The Kier molecular flexibility index (Phi) is 8.14. The number of hydrogen-bond acceptors (Lipinski definition) is 5. The molecule has 36 heavy (non-hydrogen) atoms. The summed E-state index contributed by atoms with van der Waals surface area (Å²) in [6.07, 6.45) is 1.32. The predicted molar refractivity (Wildman–Crippen MR) is 138 cm³/mol. The van der Waals surface area contributed by atoms with Crippen LogP contribution in [0.4, 0.5) is 20.2 Å². The largest absolute Gasteiger partial charge is 0.496 e. The quantitative estimate of drug-likeness (QED) is 0.248. The molecule has 9 heteroatoms. The van der Waals surface area contributed by atoms with Gasteiger partial charge < -0.3 is 20.8 Å². The van der Waals surface area contributed by atoms with Crippen molar-refractivity contribution in [3.63, 3.8) is 0 Å². The molecule has 0 bridgehead atoms. The van der Waals surface area contributed by atoms with E-state index in [1.165, 1.54) is 45.2 Å². The number of rotatable bonds is 9. The van der Waals surface area contributed by atoms with Gasteiger partial charge in [0, 0.05) is 42.3 Å². The van der Waals surface area contributed by atoms with Crippen LogP contribution in [0.25, 0.3) is 11.3 Å². The van der Waals surface area contributed by atoms with Crippen LogP contribution in [0, 0.1) is 18.3 Å². The molecule has 190 valence electrons. The molecule has 3 rings (SSSR count). The van der Waals surface area contributed by atoms with E-state index in [4.69, 9.17) is 10.1 Å². The highest BCUT2D eigenvalue weighted by Gasteiger charge is 2.31. The lowest BCUT2D eigenvalue weighted by Crippen LogP contribution is -2.38. The number of benzene rings is 2. The van der Waals surface area contributed by atoms with E-state index in [2.05, 4.69) is 15.6 Å². The number of alkyl halides is 2. The Labute approximate surface area is 209 Å². The van der Waals surface area contributed by atoms with Crippen LogP contribution < -0.4 is 15.4 Å². The first-order valence-electron chi connectivity index (χ1n) is 11.3. The molecular weight excluding hydrogens is 466 g/mol. The highest BCUT2D eigenvalue weighted by molar-refractivity contribution is 6.24. The lowest BCUT2D eigenvalue weighted by molar-refractivity contribution is -0.126. The van der Waals surface area contributed by atoms with Crippen molar-refractivity contribution in [1.29, 1.82) is 5.41 Å². The molecule has 0 fully saturated rings. The maximum Gasteiger partial charge on any atom is 0.273 e. The van der Waals surface area contributed by atoms with E-state index < -0.39 is 30.1 Å². The molecule has 0 saturated heterocycles. The average Bonchev–Trinajstić information content (AvgIpc) is 2.84. The van der Waals surface area contributed by atoms with Crippen molar-refractivity contribution in [2.45, 2.75) is 33.1 Å². The Hall–Kier alpha value is -4.14. The van der Waals surface area contributed by atoms with E-state index in [0.29, 0.717) is 22.7 Å². The Balaban J connectivity index is 0.00000481. The van der Waals surface area contributed by atoms with E-state index >= 15 is 0 Å². The molecule has 1 unspecified atom stereocenters. The van der Waals surface area contributed by atoms with Crippen LogP contribution in [0.1, 0.15) is 32.8 Å². The molecule has 1 aromatic heterocycles. The molecule has 0 aliphatic heterocycles. The Bertz CT molecular complexity index is 1280. The van der Waals surface area contributed by atoms with Crippen LogP contribution in [-0.4, -0.2) is 29.6 Å². The summed E-state index contributed by atoms with van der Waals surface area (Å²) in [7, 11) is 1.52. The van der Waals surface area contributed by atoms with Gasteiger partial charge in [-0.25, -0.2) is 8.78 Å². The fourth-order valence-corrected chi connectivity index (χ4v) is 3.58. The van der Waals surface area contributed by atoms with Gasteiger partial charge in [-0.1, -0.05) is 25.1 Å². The van der Waals surface area contributed by atoms with Crippen molar-refractivity contribution in [2.24, 2.45) is 5.92 Å². The molecule has 0 radical (unpaired) electrons. The monoisotopic (exact) mass is 496 g/mol. The summed E-state index contributed by atoms with van der Waals surface area (Å²) in [6, 6.07) is 14.0. The van der Waals surface area contributed by atoms with E-state index in [-0.39, 0.29) is 18.4 Å². The number of ether oxygens (including phenoxy) is 1. The molecule has 0 spiro atoms. The first kappa shape index (κ1) is 26.5. The minimum Gasteiger partial charge on any atom is -0.496 e. The summed E-state index contributed by atoms with van der Waals surface area (Å²) in [6.45, 7) is 4.62. The van der Waals surface area contributed by atoms with Crippen LogP contribution in [0.2, 0.25) is 0 Å². The van der Waals surface area contributed by atoms with Crippen molar-refractivity contribution >= 4 is 28.9 Å². The first-order chi connectivity index (χ1) is 17.1. The summed E-state index contributed by atoms with van der Waals surface area (Å²) in [5.41, 5.74) is 2.30. The first-order valence-corrected chi connectivity index (χ1v) is 11.3. The van der Waals surface area contributed by atoms with Crippen LogP contribution in [0.5, 0.6) is 5.75 Å². The average molecular weight is 497 g/mol. The number of aryl methyl sites for hydroxylation is 1. The third-order valence-corrected chi connectivity index (χ3v) is 5.61. The van der Waals surface area contributed by atoms with Gasteiger partial charge in [-0.05, 0) is 55.8 Å². The SMILES string of the molecule is CCC(F)(F)c1cccc(NC(=O)C(C(C)=N)C(=O)Nc2ccc(OC)c(-c3ccc(C)cn3)c2)c1.[HH]. The van der Waals surface area contributed by atoms with Gasteiger partial charge in [0.1, 0.15) is 5.75 Å². The minimum absolute atomic E-state index is 0. The van der Waals surface area contributed by atoms with E-state index in [1.807, 2.05) is 19.1 Å². The molecular formula is C27H30F2N4O3. The number of carbonyl (C=O) groups is 2. The molecule has 3 N–H and O–H groups in total. The van der Waals surface area contributed by atoms with E-state index in [9.17, 15) is 18.4 Å². The number of nitrogens with one attached hydrogen (secondary N) is 3. The molecule has 7 nitrogen and oxygen atoms in total. The standard InChI is InChI=1S/C27H28F2N4O3.H2/c1-5-27(28,29)18-7-6-8-19(13-18)32-25(34)24(17(3)30)26(35)33-20-10-12-23(36-4)21(14-20)22-11-9-16(2)15-31-22;/h6-15,24,30H,5H2,1-4H3,(H,32,34)(H,33,35);1H. The number of hydrogen-bond donors (Lipinski definition) is 3. The molecule has 2 aromatic carbocycles. The van der Waals surface area contributed by atoms with Gasteiger partial charge in [0.05, 0.1) is 12.8 Å². The van der Waals surface area contributed by atoms with Crippen molar-refractivity contribution in [2.75, 3.05) is 17.7 Å². The zero-order chi connectivity index (χ0) is 26.5. The molecule has 0 aliphatic carbocycles. The smallest absolute Gasteiger partial charge is 0.273 e. The zero-order valence-corrected chi connectivity index (χ0v) is 20.5. The van der Waals surface area contributed by atoms with E-state index in [1.54, 1.807) is 24.4 Å². The highest BCUT2D eigenvalue weighted by atomic mass is 19.3. The van der Waals surface area contributed by atoms with Crippen molar-refractivity contribution in [3.05, 3.63) is 71.9 Å². The van der Waals surface area contributed by atoms with Gasteiger partial charge in [0.15, 0.2) is 5.92 Å². The molecule has 0 saturated carbocycles. The number of nitrogens with zero attached hydrogens (tertiary/aromatic N) is 1. The fourth-order valence-electron chi connectivity index (χ4n) is 3.58. The number of aromatic nitrogens is 1. The third-order valence-electron chi connectivity index (χ3n) is 5.61. The van der Waals surface area contributed by atoms with Gasteiger partial charge in [0.2, 0.25) is 11.8 Å². The summed E-state index contributed by atoms with van der Waals surface area (Å²) < 4.78 is 33.5. The third kappa shape index (κ3) is 6.10. The lowest BCUT2D eigenvalue weighted by atomic mass is 10.0. The summed E-state index contributed by atoms with van der Waals surface area (Å²) in [5, 5.41) is 13.2. The van der Waals surface area contributed by atoms with Gasteiger partial charge in [-0.15, -0.1) is 0 Å². The number of anilines is 2. The normalized spacial score (nSPS) is 11.9. The second-order valence-corrected chi connectivity index (χ2v) is 8.37. The maximum atomic E-state index is 14.1.